The molecule has 3 rings (SSSR count). The van der Waals surface area contributed by atoms with Crippen molar-refractivity contribution in [2.75, 3.05) is 13.1 Å². The van der Waals surface area contributed by atoms with Gasteiger partial charge in [-0.25, -0.2) is 4.68 Å². The van der Waals surface area contributed by atoms with Crippen molar-refractivity contribution >= 4 is 0 Å². The number of alkyl halides is 3. The summed E-state index contributed by atoms with van der Waals surface area (Å²) in [6.45, 7) is 1.12. The predicted octanol–water partition coefficient (Wildman–Crippen LogP) is 1.38. The lowest BCUT2D eigenvalue weighted by Gasteiger charge is -2.54. The highest BCUT2D eigenvalue weighted by molar-refractivity contribution is 5.06. The van der Waals surface area contributed by atoms with Crippen LogP contribution >= 0.6 is 0 Å². The van der Waals surface area contributed by atoms with E-state index in [9.17, 15) is 13.2 Å². The molecule has 1 aliphatic heterocycles. The summed E-state index contributed by atoms with van der Waals surface area (Å²) in [7, 11) is 0. The van der Waals surface area contributed by atoms with Crippen LogP contribution in [0.1, 0.15) is 18.5 Å². The lowest BCUT2D eigenvalue weighted by molar-refractivity contribution is -0.142. The molecule has 1 aliphatic carbocycles. The number of nitrogens with one attached hydrogen (secondary N) is 1. The van der Waals surface area contributed by atoms with Crippen molar-refractivity contribution < 1.29 is 13.2 Å². The van der Waals surface area contributed by atoms with Crippen LogP contribution in [0.4, 0.5) is 13.2 Å². The minimum Gasteiger partial charge on any atom is -0.316 e. The van der Waals surface area contributed by atoms with E-state index in [2.05, 4.69) is 15.6 Å². The van der Waals surface area contributed by atoms with Crippen LogP contribution < -0.4 is 5.32 Å². The maximum absolute atomic E-state index is 12.1. The molecule has 2 aliphatic rings. The van der Waals surface area contributed by atoms with Gasteiger partial charge in [0.05, 0.1) is 5.69 Å². The Hall–Kier alpha value is -1.11. The van der Waals surface area contributed by atoms with Crippen molar-refractivity contribution in [2.45, 2.75) is 32.0 Å². The molecule has 0 radical (unpaired) electrons. The Labute approximate surface area is 103 Å². The quantitative estimate of drug-likeness (QED) is 0.893. The van der Waals surface area contributed by atoms with Crippen LogP contribution in [0.3, 0.4) is 0 Å². The van der Waals surface area contributed by atoms with Crippen molar-refractivity contribution in [3.63, 3.8) is 0 Å². The number of hydrogen-bond donors (Lipinski definition) is 1. The second kappa shape index (κ2) is 3.94. The van der Waals surface area contributed by atoms with Gasteiger partial charge in [-0.3, -0.25) is 0 Å². The molecule has 0 unspecified atom stereocenters. The van der Waals surface area contributed by atoms with Crippen LogP contribution in [-0.2, 0) is 13.0 Å². The first-order chi connectivity index (χ1) is 8.44. The molecule has 0 atom stereocenters. The Kier molecular flexibility index (Phi) is 2.62. The molecule has 1 N–H and O–H groups in total. The standard InChI is InChI=1S/C11H15F3N4/c12-11(13,14)7-18-4-9(16-17-18)1-8-2-10(3-8)5-15-6-10/h4,8,15H,1-3,5-7H2. The molecule has 0 aromatic carbocycles. The molecule has 0 bridgehead atoms. The second-order valence-corrected chi connectivity index (χ2v) is 5.60. The van der Waals surface area contributed by atoms with Gasteiger partial charge >= 0.3 is 6.18 Å². The molecule has 1 aromatic heterocycles. The largest absolute Gasteiger partial charge is 0.408 e. The molecular formula is C11H15F3N4. The van der Waals surface area contributed by atoms with Crippen LogP contribution in [0, 0.1) is 11.3 Å². The minimum atomic E-state index is -4.23. The molecule has 1 spiro atoms. The summed E-state index contributed by atoms with van der Waals surface area (Å²) in [6.07, 6.45) is 0.248. The Morgan fingerprint density at radius 1 is 1.39 bits per heavy atom. The summed E-state index contributed by atoms with van der Waals surface area (Å²) in [5.41, 5.74) is 1.17. The van der Waals surface area contributed by atoms with Crippen LogP contribution in [0.5, 0.6) is 0 Å². The SMILES string of the molecule is FC(F)(F)Cn1cc(CC2CC3(CNC3)C2)nn1. The van der Waals surface area contributed by atoms with E-state index in [4.69, 9.17) is 0 Å². The average Bonchev–Trinajstić information content (AvgIpc) is 2.52. The van der Waals surface area contributed by atoms with Crippen LogP contribution in [-0.4, -0.2) is 34.3 Å². The molecule has 2 fully saturated rings. The topological polar surface area (TPSA) is 42.7 Å². The molecule has 7 heteroatoms. The molecule has 0 amide bonds. The van der Waals surface area contributed by atoms with Gasteiger partial charge in [0.25, 0.3) is 0 Å². The van der Waals surface area contributed by atoms with Gasteiger partial charge in [0.1, 0.15) is 6.54 Å². The van der Waals surface area contributed by atoms with E-state index in [1.165, 1.54) is 6.20 Å². The Morgan fingerprint density at radius 2 is 2.11 bits per heavy atom. The van der Waals surface area contributed by atoms with E-state index >= 15 is 0 Å². The Balaban J connectivity index is 1.52. The van der Waals surface area contributed by atoms with Crippen molar-refractivity contribution in [1.82, 2.24) is 20.3 Å². The number of hydrogen-bond acceptors (Lipinski definition) is 3. The second-order valence-electron chi connectivity index (χ2n) is 5.60. The number of nitrogens with zero attached hydrogens (tertiary/aromatic N) is 3. The van der Waals surface area contributed by atoms with E-state index in [1.54, 1.807) is 0 Å². The third kappa shape index (κ3) is 2.36. The summed E-state index contributed by atoms with van der Waals surface area (Å²) >= 11 is 0. The smallest absolute Gasteiger partial charge is 0.316 e. The molecule has 1 saturated carbocycles. The van der Waals surface area contributed by atoms with Crippen LogP contribution in [0.2, 0.25) is 0 Å². The number of halogens is 3. The Bertz CT molecular complexity index is 428. The predicted molar refractivity (Wildman–Crippen MR) is 57.8 cm³/mol. The van der Waals surface area contributed by atoms with Gasteiger partial charge in [0.2, 0.25) is 0 Å². The molecule has 1 saturated heterocycles. The normalized spacial score (nSPS) is 22.8. The summed E-state index contributed by atoms with van der Waals surface area (Å²) < 4.78 is 37.3. The highest BCUT2D eigenvalue weighted by atomic mass is 19.4. The number of aromatic nitrogens is 3. The van der Waals surface area contributed by atoms with Gasteiger partial charge in [-0.1, -0.05) is 5.21 Å². The van der Waals surface area contributed by atoms with E-state index in [0.29, 0.717) is 17.0 Å². The van der Waals surface area contributed by atoms with Gasteiger partial charge in [-0.15, -0.1) is 5.10 Å². The van der Waals surface area contributed by atoms with Crippen molar-refractivity contribution in [1.29, 1.82) is 0 Å². The lowest BCUT2D eigenvalue weighted by atomic mass is 9.57. The van der Waals surface area contributed by atoms with Crippen molar-refractivity contribution in [2.24, 2.45) is 11.3 Å². The fourth-order valence-electron chi connectivity index (χ4n) is 3.07. The van der Waals surface area contributed by atoms with Gasteiger partial charge < -0.3 is 5.32 Å². The third-order valence-electron chi connectivity index (χ3n) is 3.87. The van der Waals surface area contributed by atoms with E-state index in [-0.39, 0.29) is 0 Å². The van der Waals surface area contributed by atoms with Crippen LogP contribution in [0.25, 0.3) is 0 Å². The van der Waals surface area contributed by atoms with E-state index in [0.717, 1.165) is 37.0 Å². The first-order valence-corrected chi connectivity index (χ1v) is 6.11. The van der Waals surface area contributed by atoms with E-state index < -0.39 is 12.7 Å². The monoisotopic (exact) mass is 260 g/mol. The summed E-state index contributed by atoms with van der Waals surface area (Å²) in [5, 5.41) is 10.6. The zero-order valence-corrected chi connectivity index (χ0v) is 9.87. The zero-order chi connectivity index (χ0) is 12.8. The van der Waals surface area contributed by atoms with Gasteiger partial charge in [-0.05, 0) is 30.6 Å². The van der Waals surface area contributed by atoms with Gasteiger partial charge in [-0.2, -0.15) is 13.2 Å². The lowest BCUT2D eigenvalue weighted by Crippen LogP contribution is -2.60. The van der Waals surface area contributed by atoms with Gasteiger partial charge in [0, 0.05) is 19.3 Å². The molecular weight excluding hydrogens is 245 g/mol. The summed E-state index contributed by atoms with van der Waals surface area (Å²) in [5.74, 6) is 0.558. The van der Waals surface area contributed by atoms with E-state index in [1.807, 2.05) is 0 Å². The van der Waals surface area contributed by atoms with Gasteiger partial charge in [0.15, 0.2) is 0 Å². The van der Waals surface area contributed by atoms with Crippen molar-refractivity contribution in [3.8, 4) is 0 Å². The zero-order valence-electron chi connectivity index (χ0n) is 9.87. The molecule has 4 nitrogen and oxygen atoms in total. The first-order valence-electron chi connectivity index (χ1n) is 6.11. The summed E-state index contributed by atoms with van der Waals surface area (Å²) in [4.78, 5) is 0. The minimum absolute atomic E-state index is 0.493. The fourth-order valence-corrected chi connectivity index (χ4v) is 3.07. The maximum atomic E-state index is 12.1. The molecule has 100 valence electrons. The number of rotatable bonds is 3. The molecule has 2 heterocycles. The highest BCUT2D eigenvalue weighted by Crippen LogP contribution is 2.49. The molecule has 1 aromatic rings. The van der Waals surface area contributed by atoms with Crippen LogP contribution in [0.15, 0.2) is 6.20 Å². The average molecular weight is 260 g/mol. The first kappa shape index (κ1) is 12.0. The van der Waals surface area contributed by atoms with Crippen molar-refractivity contribution in [3.05, 3.63) is 11.9 Å². The maximum Gasteiger partial charge on any atom is 0.408 e. The third-order valence-corrected chi connectivity index (χ3v) is 3.87. The fraction of sp³-hybridized carbons (Fsp3) is 0.818. The highest BCUT2D eigenvalue weighted by Gasteiger charge is 2.48. The summed E-state index contributed by atoms with van der Waals surface area (Å²) in [6, 6.07) is 0. The molecule has 18 heavy (non-hydrogen) atoms. The Morgan fingerprint density at radius 3 is 2.67 bits per heavy atom.